The molecule has 0 aliphatic carbocycles. The number of ether oxygens (including phenoxy) is 1. The highest BCUT2D eigenvalue weighted by Crippen LogP contribution is 2.09. The number of methoxy groups -OCH3 is 1. The second-order valence-electron chi connectivity index (χ2n) is 2.75. The fourth-order valence-corrected chi connectivity index (χ4v) is 0.910. The highest BCUT2D eigenvalue weighted by Gasteiger charge is 2.07. The highest BCUT2D eigenvalue weighted by molar-refractivity contribution is 5.69. The van der Waals surface area contributed by atoms with Crippen LogP contribution < -0.4 is 0 Å². The smallest absolute Gasteiger partial charge is 0.305 e. The fraction of sp³-hybridized carbons (Fsp3) is 0.875. The summed E-state index contributed by atoms with van der Waals surface area (Å²) in [6.07, 6.45) is 2.10. The molecule has 11 heavy (non-hydrogen) atoms. The number of rotatable bonds is 5. The normalized spacial score (nSPS) is 12.6. The van der Waals surface area contributed by atoms with Gasteiger partial charge in [0.2, 0.25) is 0 Å². The zero-order chi connectivity index (χ0) is 8.69. The Morgan fingerprint density at radius 1 is 1.64 bits per heavy atom. The van der Waals surface area contributed by atoms with E-state index >= 15 is 0 Å². The van der Waals surface area contributed by atoms with Crippen LogP contribution in [0.4, 0.5) is 0 Å². The molecule has 0 heterocycles. The van der Waals surface area contributed by atoms with Crippen LogP contribution in [0.5, 0.6) is 0 Å². The van der Waals surface area contributed by atoms with Crippen LogP contribution in [0, 0.1) is 5.92 Å². The maximum Gasteiger partial charge on any atom is 0.305 e. The van der Waals surface area contributed by atoms with Crippen molar-refractivity contribution >= 4 is 5.97 Å². The van der Waals surface area contributed by atoms with Gasteiger partial charge in [-0.15, -0.1) is 0 Å². The van der Waals surface area contributed by atoms with Gasteiger partial charge in [-0.1, -0.05) is 6.92 Å². The highest BCUT2D eigenvalue weighted by atomic mass is 16.5. The van der Waals surface area contributed by atoms with Gasteiger partial charge in [0.1, 0.15) is 0 Å². The zero-order valence-electron chi connectivity index (χ0n) is 7.17. The number of aliphatic hydroxyl groups is 1. The van der Waals surface area contributed by atoms with E-state index in [4.69, 9.17) is 5.11 Å². The quantitative estimate of drug-likeness (QED) is 0.609. The van der Waals surface area contributed by atoms with Crippen LogP contribution in [0.3, 0.4) is 0 Å². The van der Waals surface area contributed by atoms with E-state index in [0.717, 1.165) is 12.8 Å². The molecule has 0 fully saturated rings. The number of hydrogen-bond donors (Lipinski definition) is 1. The van der Waals surface area contributed by atoms with Crippen molar-refractivity contribution in [3.63, 3.8) is 0 Å². The first-order chi connectivity index (χ1) is 5.20. The minimum atomic E-state index is -0.171. The molecule has 0 unspecified atom stereocenters. The topological polar surface area (TPSA) is 46.5 Å². The van der Waals surface area contributed by atoms with Gasteiger partial charge in [0.25, 0.3) is 0 Å². The van der Waals surface area contributed by atoms with Crippen molar-refractivity contribution in [1.82, 2.24) is 0 Å². The van der Waals surface area contributed by atoms with Crippen molar-refractivity contribution in [3.05, 3.63) is 0 Å². The summed E-state index contributed by atoms with van der Waals surface area (Å²) < 4.78 is 4.50. The molecule has 0 rings (SSSR count). The average molecular weight is 160 g/mol. The van der Waals surface area contributed by atoms with E-state index in [1.807, 2.05) is 6.92 Å². The van der Waals surface area contributed by atoms with E-state index < -0.39 is 0 Å². The van der Waals surface area contributed by atoms with Gasteiger partial charge in [0.15, 0.2) is 0 Å². The number of carbonyl (C=O) groups excluding carboxylic acids is 1. The van der Waals surface area contributed by atoms with Gasteiger partial charge in [-0.2, -0.15) is 0 Å². The average Bonchev–Trinajstić information content (AvgIpc) is 2.00. The Morgan fingerprint density at radius 2 is 2.27 bits per heavy atom. The third kappa shape index (κ3) is 5.85. The molecule has 66 valence electrons. The molecule has 0 amide bonds. The van der Waals surface area contributed by atoms with Gasteiger partial charge in [-0.3, -0.25) is 4.79 Å². The van der Waals surface area contributed by atoms with E-state index in [1.54, 1.807) is 0 Å². The third-order valence-electron chi connectivity index (χ3n) is 1.60. The summed E-state index contributed by atoms with van der Waals surface area (Å²) in [6.45, 7) is 2.18. The molecule has 0 radical (unpaired) electrons. The van der Waals surface area contributed by atoms with E-state index in [9.17, 15) is 4.79 Å². The Morgan fingerprint density at radius 3 is 2.73 bits per heavy atom. The molecular formula is C8H16O3. The van der Waals surface area contributed by atoms with Crippen LogP contribution in [0.25, 0.3) is 0 Å². The molecule has 0 spiro atoms. The van der Waals surface area contributed by atoms with Crippen molar-refractivity contribution in [2.24, 2.45) is 5.92 Å². The maximum absolute atomic E-state index is 10.7. The van der Waals surface area contributed by atoms with Gasteiger partial charge >= 0.3 is 5.97 Å². The van der Waals surface area contributed by atoms with Gasteiger partial charge in [0.05, 0.1) is 7.11 Å². The molecule has 0 aromatic heterocycles. The van der Waals surface area contributed by atoms with Crippen molar-refractivity contribution in [3.8, 4) is 0 Å². The van der Waals surface area contributed by atoms with Crippen LogP contribution in [-0.4, -0.2) is 24.8 Å². The molecule has 0 saturated carbocycles. The summed E-state index contributed by atoms with van der Waals surface area (Å²) in [5, 5.41) is 8.49. The first kappa shape index (κ1) is 10.4. The monoisotopic (exact) mass is 160 g/mol. The third-order valence-corrected chi connectivity index (χ3v) is 1.60. The lowest BCUT2D eigenvalue weighted by atomic mass is 10.0. The van der Waals surface area contributed by atoms with Crippen LogP contribution >= 0.6 is 0 Å². The molecule has 3 nitrogen and oxygen atoms in total. The Bertz CT molecular complexity index is 112. The molecule has 0 aliphatic rings. The molecule has 0 bridgehead atoms. The van der Waals surface area contributed by atoms with Crippen molar-refractivity contribution in [2.75, 3.05) is 13.7 Å². The van der Waals surface area contributed by atoms with E-state index in [2.05, 4.69) is 4.74 Å². The Hall–Kier alpha value is -0.570. The first-order valence-corrected chi connectivity index (χ1v) is 3.88. The Balaban J connectivity index is 3.35. The lowest BCUT2D eigenvalue weighted by Gasteiger charge is -2.07. The molecule has 1 N–H and O–H groups in total. The fourth-order valence-electron chi connectivity index (χ4n) is 0.910. The summed E-state index contributed by atoms with van der Waals surface area (Å²) in [7, 11) is 1.39. The molecule has 3 heteroatoms. The second-order valence-corrected chi connectivity index (χ2v) is 2.75. The van der Waals surface area contributed by atoms with Gasteiger partial charge in [-0.05, 0) is 18.8 Å². The lowest BCUT2D eigenvalue weighted by Crippen LogP contribution is -2.07. The molecule has 0 saturated heterocycles. The lowest BCUT2D eigenvalue weighted by molar-refractivity contribution is -0.141. The predicted octanol–water partition coefficient (Wildman–Crippen LogP) is 0.958. The zero-order valence-corrected chi connectivity index (χ0v) is 7.17. The van der Waals surface area contributed by atoms with Crippen molar-refractivity contribution < 1.29 is 14.6 Å². The van der Waals surface area contributed by atoms with Crippen molar-refractivity contribution in [2.45, 2.75) is 26.2 Å². The summed E-state index contributed by atoms with van der Waals surface area (Å²) in [5.41, 5.74) is 0. The van der Waals surface area contributed by atoms with Crippen LogP contribution in [0.15, 0.2) is 0 Å². The predicted molar refractivity (Wildman–Crippen MR) is 42.1 cm³/mol. The maximum atomic E-state index is 10.7. The van der Waals surface area contributed by atoms with Gasteiger partial charge in [-0.25, -0.2) is 0 Å². The van der Waals surface area contributed by atoms with Crippen molar-refractivity contribution in [1.29, 1.82) is 0 Å². The molecule has 0 aromatic rings. The summed E-state index contributed by atoms with van der Waals surface area (Å²) in [5.74, 6) is 0.144. The van der Waals surface area contributed by atoms with E-state index in [1.165, 1.54) is 7.11 Å². The summed E-state index contributed by atoms with van der Waals surface area (Å²) >= 11 is 0. The Labute approximate surface area is 67.4 Å². The van der Waals surface area contributed by atoms with Crippen LogP contribution in [0.1, 0.15) is 26.2 Å². The van der Waals surface area contributed by atoms with Crippen LogP contribution in [0.2, 0.25) is 0 Å². The van der Waals surface area contributed by atoms with E-state index in [-0.39, 0.29) is 12.6 Å². The number of hydrogen-bond acceptors (Lipinski definition) is 3. The molecular weight excluding hydrogens is 144 g/mol. The van der Waals surface area contributed by atoms with Crippen LogP contribution in [-0.2, 0) is 9.53 Å². The SMILES string of the molecule is COC(=O)C[C@H](C)CCCO. The first-order valence-electron chi connectivity index (χ1n) is 3.88. The largest absolute Gasteiger partial charge is 0.469 e. The minimum absolute atomic E-state index is 0.171. The minimum Gasteiger partial charge on any atom is -0.469 e. The Kier molecular flexibility index (Phi) is 5.84. The number of carbonyl (C=O) groups is 1. The standard InChI is InChI=1S/C8H16O3/c1-7(4-3-5-9)6-8(10)11-2/h7,9H,3-6H2,1-2H3/t7-/m1/s1. The van der Waals surface area contributed by atoms with Gasteiger partial charge in [0, 0.05) is 13.0 Å². The second kappa shape index (κ2) is 6.16. The number of aliphatic hydroxyl groups excluding tert-OH is 1. The van der Waals surface area contributed by atoms with E-state index in [0.29, 0.717) is 12.3 Å². The number of esters is 1. The summed E-state index contributed by atoms with van der Waals surface area (Å²) in [6, 6.07) is 0. The summed E-state index contributed by atoms with van der Waals surface area (Å²) in [4.78, 5) is 10.7. The molecule has 1 atom stereocenters. The molecule has 0 aromatic carbocycles. The van der Waals surface area contributed by atoms with Gasteiger partial charge < -0.3 is 9.84 Å². The molecule has 0 aliphatic heterocycles.